The second-order valence-corrected chi connectivity index (χ2v) is 6.02. The minimum atomic E-state index is -0.230. The maximum atomic E-state index is 5.94. The van der Waals surface area contributed by atoms with Crippen LogP contribution < -0.4 is 5.32 Å². The highest BCUT2D eigenvalue weighted by molar-refractivity contribution is 7.11. The van der Waals surface area contributed by atoms with Gasteiger partial charge in [-0.25, -0.2) is 4.98 Å². The fraction of sp³-hybridized carbons (Fsp3) is 0.800. The molecule has 0 aliphatic carbocycles. The van der Waals surface area contributed by atoms with E-state index in [1.165, 1.54) is 10.6 Å². The Labute approximate surface area is 121 Å². The first-order valence-electron chi connectivity index (χ1n) is 7.44. The minimum absolute atomic E-state index is 0.230. The molecule has 1 aromatic rings. The second-order valence-electron chi connectivity index (χ2n) is 4.94. The van der Waals surface area contributed by atoms with E-state index in [-0.39, 0.29) is 5.60 Å². The molecule has 1 unspecified atom stereocenters. The Hall–Kier alpha value is -0.450. The van der Waals surface area contributed by atoms with Crippen LogP contribution in [0.1, 0.15) is 63.0 Å². The largest absolute Gasteiger partial charge is 0.368 e. The van der Waals surface area contributed by atoms with Crippen molar-refractivity contribution in [3.8, 4) is 0 Å². The molecule has 0 aromatic carbocycles. The molecule has 110 valence electrons. The first kappa shape index (κ1) is 16.6. The highest BCUT2D eigenvalue weighted by atomic mass is 32.1. The van der Waals surface area contributed by atoms with Gasteiger partial charge in [0.15, 0.2) is 0 Å². The molecule has 1 atom stereocenters. The summed E-state index contributed by atoms with van der Waals surface area (Å²) < 4.78 is 5.94. The van der Waals surface area contributed by atoms with Crippen LogP contribution in [0.15, 0.2) is 0 Å². The van der Waals surface area contributed by atoms with Crippen LogP contribution in [-0.4, -0.2) is 18.1 Å². The third kappa shape index (κ3) is 4.26. The van der Waals surface area contributed by atoms with E-state index in [0.717, 1.165) is 44.0 Å². The van der Waals surface area contributed by atoms with E-state index < -0.39 is 0 Å². The van der Waals surface area contributed by atoms with Crippen molar-refractivity contribution in [3.05, 3.63) is 15.6 Å². The van der Waals surface area contributed by atoms with Crippen LogP contribution in [-0.2, 0) is 23.3 Å². The quantitative estimate of drug-likeness (QED) is 0.747. The van der Waals surface area contributed by atoms with Crippen LogP contribution >= 0.6 is 11.3 Å². The molecular formula is C15H28N2OS. The monoisotopic (exact) mass is 284 g/mol. The summed E-state index contributed by atoms with van der Waals surface area (Å²) in [5, 5.41) is 4.54. The van der Waals surface area contributed by atoms with Crippen LogP contribution in [0.5, 0.6) is 0 Å². The molecular weight excluding hydrogens is 256 g/mol. The first-order chi connectivity index (χ1) is 9.11. The number of hydrogen-bond donors (Lipinski definition) is 1. The van der Waals surface area contributed by atoms with E-state index in [4.69, 9.17) is 9.72 Å². The average Bonchev–Trinajstić information content (AvgIpc) is 2.81. The van der Waals surface area contributed by atoms with Gasteiger partial charge in [0.1, 0.15) is 10.6 Å². The zero-order chi connectivity index (χ0) is 14.3. The number of aryl methyl sites for hydroxylation is 1. The summed E-state index contributed by atoms with van der Waals surface area (Å²) in [6.45, 7) is 13.4. The molecule has 0 saturated carbocycles. The zero-order valence-electron chi connectivity index (χ0n) is 13.0. The lowest BCUT2D eigenvalue weighted by Gasteiger charge is -2.25. The van der Waals surface area contributed by atoms with Crippen molar-refractivity contribution in [2.75, 3.05) is 13.2 Å². The van der Waals surface area contributed by atoms with Crippen LogP contribution in [0.3, 0.4) is 0 Å². The zero-order valence-corrected chi connectivity index (χ0v) is 13.8. The van der Waals surface area contributed by atoms with Gasteiger partial charge in [-0.3, -0.25) is 0 Å². The Morgan fingerprint density at radius 3 is 2.53 bits per heavy atom. The summed E-state index contributed by atoms with van der Waals surface area (Å²) in [5.41, 5.74) is 1.02. The molecule has 0 saturated heterocycles. The molecule has 1 rings (SSSR count). The van der Waals surface area contributed by atoms with Gasteiger partial charge in [0.05, 0.1) is 5.69 Å². The standard InChI is InChI=1S/C15H28N2OS/c1-6-10-12-13(11-16-8-3)19-14(17-12)15(5,7-2)18-9-4/h16H,6-11H2,1-5H3. The van der Waals surface area contributed by atoms with Crippen molar-refractivity contribution in [1.29, 1.82) is 0 Å². The molecule has 19 heavy (non-hydrogen) atoms. The maximum Gasteiger partial charge on any atom is 0.125 e. The Morgan fingerprint density at radius 2 is 2.00 bits per heavy atom. The molecule has 3 nitrogen and oxygen atoms in total. The van der Waals surface area contributed by atoms with Gasteiger partial charge in [0, 0.05) is 18.0 Å². The molecule has 1 aromatic heterocycles. The fourth-order valence-corrected chi connectivity index (χ4v) is 3.30. The SMILES string of the molecule is CCCc1nc(C(C)(CC)OCC)sc1CNCC. The van der Waals surface area contributed by atoms with E-state index >= 15 is 0 Å². The average molecular weight is 284 g/mol. The second kappa shape index (κ2) is 7.98. The van der Waals surface area contributed by atoms with Gasteiger partial charge >= 0.3 is 0 Å². The molecule has 0 bridgehead atoms. The summed E-state index contributed by atoms with van der Waals surface area (Å²) in [6.07, 6.45) is 3.16. The minimum Gasteiger partial charge on any atom is -0.368 e. The predicted octanol–water partition coefficient (Wildman–Crippen LogP) is 3.87. The van der Waals surface area contributed by atoms with Crippen LogP contribution in [0.25, 0.3) is 0 Å². The normalized spacial score (nSPS) is 14.6. The molecule has 0 amide bonds. The first-order valence-corrected chi connectivity index (χ1v) is 8.26. The van der Waals surface area contributed by atoms with Gasteiger partial charge in [-0.2, -0.15) is 0 Å². The van der Waals surface area contributed by atoms with Crippen LogP contribution in [0.4, 0.5) is 0 Å². The lowest BCUT2D eigenvalue weighted by Crippen LogP contribution is -2.24. The number of ether oxygens (including phenoxy) is 1. The van der Waals surface area contributed by atoms with Gasteiger partial charge < -0.3 is 10.1 Å². The van der Waals surface area contributed by atoms with Crippen molar-refractivity contribution >= 4 is 11.3 Å². The summed E-state index contributed by atoms with van der Waals surface area (Å²) >= 11 is 1.81. The topological polar surface area (TPSA) is 34.1 Å². The number of rotatable bonds is 9. The number of thiazole rings is 1. The fourth-order valence-electron chi connectivity index (χ4n) is 2.05. The van der Waals surface area contributed by atoms with Crippen molar-refractivity contribution in [3.63, 3.8) is 0 Å². The van der Waals surface area contributed by atoms with E-state index in [0.29, 0.717) is 0 Å². The van der Waals surface area contributed by atoms with Gasteiger partial charge in [0.2, 0.25) is 0 Å². The van der Waals surface area contributed by atoms with Gasteiger partial charge in [0.25, 0.3) is 0 Å². The van der Waals surface area contributed by atoms with Crippen molar-refractivity contribution in [2.24, 2.45) is 0 Å². The van der Waals surface area contributed by atoms with E-state index in [1.807, 2.05) is 18.3 Å². The Balaban J connectivity index is 3.00. The Morgan fingerprint density at radius 1 is 1.26 bits per heavy atom. The molecule has 0 fully saturated rings. The number of hydrogen-bond acceptors (Lipinski definition) is 4. The molecule has 1 heterocycles. The van der Waals surface area contributed by atoms with Gasteiger partial charge in [-0.15, -0.1) is 11.3 Å². The van der Waals surface area contributed by atoms with E-state index in [2.05, 4.69) is 33.0 Å². The Kier molecular flexibility index (Phi) is 6.97. The third-order valence-corrected chi connectivity index (χ3v) is 4.73. The van der Waals surface area contributed by atoms with Gasteiger partial charge in [-0.1, -0.05) is 27.2 Å². The predicted molar refractivity (Wildman–Crippen MR) is 82.8 cm³/mol. The van der Waals surface area contributed by atoms with Crippen molar-refractivity contribution < 1.29 is 4.74 Å². The van der Waals surface area contributed by atoms with Crippen molar-refractivity contribution in [1.82, 2.24) is 10.3 Å². The summed E-state index contributed by atoms with van der Waals surface area (Å²) in [7, 11) is 0. The molecule has 1 N–H and O–H groups in total. The molecule has 0 radical (unpaired) electrons. The summed E-state index contributed by atoms with van der Waals surface area (Å²) in [4.78, 5) is 6.24. The highest BCUT2D eigenvalue weighted by Crippen LogP contribution is 2.34. The Bertz CT molecular complexity index is 378. The number of nitrogens with one attached hydrogen (secondary N) is 1. The molecule has 0 aliphatic heterocycles. The maximum absolute atomic E-state index is 5.94. The number of nitrogens with zero attached hydrogens (tertiary/aromatic N) is 1. The highest BCUT2D eigenvalue weighted by Gasteiger charge is 2.29. The lowest BCUT2D eigenvalue weighted by molar-refractivity contribution is -0.0325. The summed E-state index contributed by atoms with van der Waals surface area (Å²) in [6, 6.07) is 0. The van der Waals surface area contributed by atoms with E-state index in [9.17, 15) is 0 Å². The van der Waals surface area contributed by atoms with Crippen LogP contribution in [0, 0.1) is 0 Å². The number of aromatic nitrogens is 1. The molecule has 4 heteroatoms. The van der Waals surface area contributed by atoms with E-state index in [1.54, 1.807) is 0 Å². The van der Waals surface area contributed by atoms with Crippen molar-refractivity contribution in [2.45, 2.75) is 66.0 Å². The molecule has 0 aliphatic rings. The third-order valence-electron chi connectivity index (χ3n) is 3.39. The smallest absolute Gasteiger partial charge is 0.125 e. The van der Waals surface area contributed by atoms with Gasteiger partial charge in [-0.05, 0) is 33.2 Å². The lowest BCUT2D eigenvalue weighted by atomic mass is 10.0. The van der Waals surface area contributed by atoms with Crippen LogP contribution in [0.2, 0.25) is 0 Å². The summed E-state index contributed by atoms with van der Waals surface area (Å²) in [5.74, 6) is 0. The molecule has 0 spiro atoms.